The minimum atomic E-state index is 0.369. The van der Waals surface area contributed by atoms with E-state index in [1.807, 2.05) is 17.7 Å². The lowest BCUT2D eigenvalue weighted by molar-refractivity contribution is 0.427. The maximum atomic E-state index is 6.01. The molecule has 0 amide bonds. The molecule has 5 heteroatoms. The lowest BCUT2D eigenvalue weighted by atomic mass is 10.0. The van der Waals surface area contributed by atoms with Gasteiger partial charge in [0, 0.05) is 11.3 Å². The van der Waals surface area contributed by atoms with E-state index in [1.165, 1.54) is 12.8 Å². The van der Waals surface area contributed by atoms with E-state index in [0.717, 1.165) is 34.7 Å². The van der Waals surface area contributed by atoms with Crippen molar-refractivity contribution in [3.05, 3.63) is 23.3 Å². The summed E-state index contributed by atoms with van der Waals surface area (Å²) in [5, 5.41) is 12.1. The van der Waals surface area contributed by atoms with Gasteiger partial charge in [-0.25, -0.2) is 4.68 Å². The van der Waals surface area contributed by atoms with E-state index in [4.69, 9.17) is 5.73 Å². The molecule has 0 saturated heterocycles. The number of aryl methyl sites for hydroxylation is 2. The lowest BCUT2D eigenvalue weighted by Crippen LogP contribution is -2.11. The van der Waals surface area contributed by atoms with Crippen molar-refractivity contribution in [1.82, 2.24) is 20.2 Å². The summed E-state index contributed by atoms with van der Waals surface area (Å²) in [6.45, 7) is 7.23. The van der Waals surface area contributed by atoms with E-state index in [2.05, 4.69) is 35.4 Å². The first-order valence-corrected chi connectivity index (χ1v) is 6.62. The Hall–Kier alpha value is -1.91. The zero-order valence-electron chi connectivity index (χ0n) is 11.6. The normalized spacial score (nSPS) is 16.6. The van der Waals surface area contributed by atoms with Crippen molar-refractivity contribution < 1.29 is 0 Å². The summed E-state index contributed by atoms with van der Waals surface area (Å²) >= 11 is 0. The van der Waals surface area contributed by atoms with Crippen molar-refractivity contribution >= 4 is 5.69 Å². The van der Waals surface area contributed by atoms with Crippen molar-refractivity contribution in [2.24, 2.45) is 5.41 Å². The molecule has 100 valence electrons. The molecule has 0 spiro atoms. The molecule has 0 aliphatic heterocycles. The number of nitrogens with zero attached hydrogens (tertiary/aromatic N) is 4. The minimum Gasteiger partial charge on any atom is -0.398 e. The first-order valence-electron chi connectivity index (χ1n) is 6.62. The molecule has 19 heavy (non-hydrogen) atoms. The molecule has 1 aliphatic carbocycles. The van der Waals surface area contributed by atoms with E-state index >= 15 is 0 Å². The van der Waals surface area contributed by atoms with Crippen LogP contribution in [0.1, 0.15) is 30.9 Å². The Morgan fingerprint density at radius 3 is 2.68 bits per heavy atom. The van der Waals surface area contributed by atoms with Gasteiger partial charge < -0.3 is 5.73 Å². The number of benzene rings is 1. The number of tetrazole rings is 1. The van der Waals surface area contributed by atoms with E-state index in [1.54, 1.807) is 0 Å². The Morgan fingerprint density at radius 1 is 1.26 bits per heavy atom. The number of rotatable bonds is 3. The van der Waals surface area contributed by atoms with E-state index < -0.39 is 0 Å². The summed E-state index contributed by atoms with van der Waals surface area (Å²) < 4.78 is 1.91. The first kappa shape index (κ1) is 12.1. The van der Waals surface area contributed by atoms with Gasteiger partial charge in [-0.3, -0.25) is 0 Å². The van der Waals surface area contributed by atoms with E-state index in [9.17, 15) is 0 Å². The van der Waals surface area contributed by atoms with Crippen LogP contribution in [0.2, 0.25) is 0 Å². The van der Waals surface area contributed by atoms with Crippen molar-refractivity contribution in [3.63, 3.8) is 0 Å². The first-order chi connectivity index (χ1) is 8.98. The number of aromatic nitrogens is 4. The quantitative estimate of drug-likeness (QED) is 0.857. The van der Waals surface area contributed by atoms with Gasteiger partial charge in [0.05, 0.1) is 6.54 Å². The largest absolute Gasteiger partial charge is 0.398 e. The van der Waals surface area contributed by atoms with Crippen LogP contribution in [0.3, 0.4) is 0 Å². The molecule has 1 heterocycles. The Bertz CT molecular complexity index is 625. The summed E-state index contributed by atoms with van der Waals surface area (Å²) in [5.74, 6) is 0.817. The molecule has 2 N–H and O–H groups in total. The lowest BCUT2D eigenvalue weighted by Gasteiger charge is -2.12. The summed E-state index contributed by atoms with van der Waals surface area (Å²) in [6, 6.07) is 4.06. The molecule has 1 aromatic carbocycles. The highest BCUT2D eigenvalue weighted by Gasteiger charge is 2.38. The second-order valence-corrected chi connectivity index (χ2v) is 5.99. The van der Waals surface area contributed by atoms with Gasteiger partial charge >= 0.3 is 0 Å². The van der Waals surface area contributed by atoms with Gasteiger partial charge in [0.15, 0.2) is 5.82 Å². The van der Waals surface area contributed by atoms with Crippen LogP contribution in [0.25, 0.3) is 11.4 Å². The number of anilines is 1. The van der Waals surface area contributed by atoms with Gasteiger partial charge in [-0.15, -0.1) is 5.10 Å². The topological polar surface area (TPSA) is 69.6 Å². The van der Waals surface area contributed by atoms with Gasteiger partial charge in [0.25, 0.3) is 0 Å². The van der Waals surface area contributed by atoms with Gasteiger partial charge in [0.2, 0.25) is 0 Å². The van der Waals surface area contributed by atoms with Gasteiger partial charge in [-0.2, -0.15) is 0 Å². The number of nitrogens with two attached hydrogens (primary N) is 1. The van der Waals surface area contributed by atoms with Crippen LogP contribution in [0.15, 0.2) is 12.1 Å². The molecule has 1 aromatic heterocycles. The highest BCUT2D eigenvalue weighted by molar-refractivity contribution is 5.67. The molecule has 0 atom stereocenters. The third-order valence-corrected chi connectivity index (χ3v) is 4.02. The zero-order valence-corrected chi connectivity index (χ0v) is 11.6. The summed E-state index contributed by atoms with van der Waals surface area (Å²) in [7, 11) is 0. The molecule has 5 nitrogen and oxygen atoms in total. The molecular formula is C14H19N5. The molecule has 0 radical (unpaired) electrons. The van der Waals surface area contributed by atoms with Gasteiger partial charge in [-0.1, -0.05) is 13.0 Å². The van der Waals surface area contributed by atoms with Crippen LogP contribution in [0, 0.1) is 19.3 Å². The van der Waals surface area contributed by atoms with Gasteiger partial charge in [-0.05, 0) is 59.7 Å². The molecule has 1 fully saturated rings. The monoisotopic (exact) mass is 257 g/mol. The van der Waals surface area contributed by atoms with Crippen LogP contribution in [0.5, 0.6) is 0 Å². The van der Waals surface area contributed by atoms with Crippen molar-refractivity contribution in [3.8, 4) is 11.4 Å². The fraction of sp³-hybridized carbons (Fsp3) is 0.500. The Kier molecular flexibility index (Phi) is 2.59. The summed E-state index contributed by atoms with van der Waals surface area (Å²) in [6.07, 6.45) is 2.50. The smallest absolute Gasteiger partial charge is 0.182 e. The molecule has 3 rings (SSSR count). The van der Waals surface area contributed by atoms with E-state index in [0.29, 0.717) is 5.41 Å². The van der Waals surface area contributed by atoms with E-state index in [-0.39, 0.29) is 0 Å². The average molecular weight is 257 g/mol. The summed E-state index contributed by atoms with van der Waals surface area (Å²) in [4.78, 5) is 0. The fourth-order valence-corrected chi connectivity index (χ4v) is 2.35. The molecule has 0 unspecified atom stereocenters. The molecular weight excluding hydrogens is 238 g/mol. The highest BCUT2D eigenvalue weighted by Crippen LogP contribution is 2.46. The SMILES string of the molecule is Cc1cc(C)c(-c2nnnn2CC2(C)CC2)cc1N. The van der Waals surface area contributed by atoms with Crippen LogP contribution in [0.4, 0.5) is 5.69 Å². The fourth-order valence-electron chi connectivity index (χ4n) is 2.35. The Morgan fingerprint density at radius 2 is 2.00 bits per heavy atom. The minimum absolute atomic E-state index is 0.369. The second kappa shape index (κ2) is 4.05. The standard InChI is InChI=1S/C14H19N5/c1-9-6-10(2)12(15)7-11(9)13-16-17-18-19(13)8-14(3)4-5-14/h6-7H,4-5,8,15H2,1-3H3. The van der Waals surface area contributed by atoms with Gasteiger partial charge in [0.1, 0.15) is 0 Å². The summed E-state index contributed by atoms with van der Waals surface area (Å²) in [5.41, 5.74) is 10.4. The predicted octanol–water partition coefficient (Wildman–Crippen LogP) is 2.34. The number of hydrogen-bond acceptors (Lipinski definition) is 4. The zero-order chi connectivity index (χ0) is 13.6. The molecule has 2 aromatic rings. The third kappa shape index (κ3) is 2.20. The van der Waals surface area contributed by atoms with Crippen LogP contribution in [-0.4, -0.2) is 20.2 Å². The Labute approximate surface area is 112 Å². The van der Waals surface area contributed by atoms with Crippen LogP contribution in [-0.2, 0) is 6.54 Å². The maximum absolute atomic E-state index is 6.01. The van der Waals surface area contributed by atoms with Crippen molar-refractivity contribution in [2.45, 2.75) is 40.2 Å². The second-order valence-electron chi connectivity index (χ2n) is 5.99. The number of hydrogen-bond donors (Lipinski definition) is 1. The van der Waals surface area contributed by atoms with Crippen molar-refractivity contribution in [1.29, 1.82) is 0 Å². The van der Waals surface area contributed by atoms with Crippen LogP contribution >= 0.6 is 0 Å². The molecule has 0 bridgehead atoms. The highest BCUT2D eigenvalue weighted by atomic mass is 15.5. The van der Waals surface area contributed by atoms with Crippen molar-refractivity contribution in [2.75, 3.05) is 5.73 Å². The molecule has 1 saturated carbocycles. The van der Waals surface area contributed by atoms with Crippen LogP contribution < -0.4 is 5.73 Å². The third-order valence-electron chi connectivity index (χ3n) is 4.02. The molecule has 1 aliphatic rings. The number of nitrogen functional groups attached to an aromatic ring is 1. The maximum Gasteiger partial charge on any atom is 0.182 e. The average Bonchev–Trinajstić information content (AvgIpc) is 2.89. The predicted molar refractivity (Wildman–Crippen MR) is 74.5 cm³/mol. The Balaban J connectivity index is 2.02.